The van der Waals surface area contributed by atoms with Crippen molar-refractivity contribution < 1.29 is 0 Å². The number of aryl methyl sites for hydroxylation is 2. The third kappa shape index (κ3) is 4.35. The van der Waals surface area contributed by atoms with E-state index in [1.54, 1.807) is 0 Å². The molecular weight excluding hydrogens is 198 g/mol. The van der Waals surface area contributed by atoms with Gasteiger partial charge in [-0.2, -0.15) is 0 Å². The zero-order chi connectivity index (χ0) is 12.0. The molecule has 0 unspecified atom stereocenters. The minimum absolute atomic E-state index is 0.397. The summed E-state index contributed by atoms with van der Waals surface area (Å²) in [6.07, 6.45) is 7.39. The second-order valence-electron chi connectivity index (χ2n) is 5.22. The maximum Gasteiger partial charge on any atom is 0.108 e. The van der Waals surface area contributed by atoms with Crippen LogP contribution in [-0.2, 0) is 13.5 Å². The van der Waals surface area contributed by atoms with Crippen LogP contribution in [0.1, 0.15) is 39.4 Å². The molecule has 16 heavy (non-hydrogen) atoms. The van der Waals surface area contributed by atoms with E-state index in [9.17, 15) is 0 Å². The Hall–Kier alpha value is -0.830. The number of aromatic nitrogens is 2. The predicted octanol–water partition coefficient (Wildman–Crippen LogP) is 2.38. The van der Waals surface area contributed by atoms with Gasteiger partial charge in [0, 0.05) is 25.9 Å². The first-order valence-electron chi connectivity index (χ1n) is 6.22. The van der Waals surface area contributed by atoms with Crippen molar-refractivity contribution in [2.24, 2.45) is 12.5 Å². The Labute approximate surface area is 99.3 Å². The zero-order valence-electron chi connectivity index (χ0n) is 11.1. The van der Waals surface area contributed by atoms with E-state index in [0.29, 0.717) is 5.41 Å². The largest absolute Gasteiger partial charge is 0.338 e. The average Bonchev–Trinajstić information content (AvgIpc) is 2.62. The van der Waals surface area contributed by atoms with Gasteiger partial charge in [-0.1, -0.05) is 20.8 Å². The fourth-order valence-electron chi connectivity index (χ4n) is 1.82. The molecule has 0 spiro atoms. The fourth-order valence-corrected chi connectivity index (χ4v) is 1.82. The van der Waals surface area contributed by atoms with Crippen molar-refractivity contribution in [3.63, 3.8) is 0 Å². The monoisotopic (exact) mass is 223 g/mol. The van der Waals surface area contributed by atoms with E-state index >= 15 is 0 Å². The topological polar surface area (TPSA) is 29.9 Å². The first kappa shape index (κ1) is 13.2. The average molecular weight is 223 g/mol. The molecule has 0 aliphatic heterocycles. The van der Waals surface area contributed by atoms with E-state index in [4.69, 9.17) is 0 Å². The molecule has 0 aliphatic rings. The van der Waals surface area contributed by atoms with Gasteiger partial charge in [0.15, 0.2) is 0 Å². The predicted molar refractivity (Wildman–Crippen MR) is 68.5 cm³/mol. The van der Waals surface area contributed by atoms with Gasteiger partial charge in [0.2, 0.25) is 0 Å². The number of hydrogen-bond acceptors (Lipinski definition) is 2. The van der Waals surface area contributed by atoms with Crippen LogP contribution in [0.25, 0.3) is 0 Å². The fraction of sp³-hybridized carbons (Fsp3) is 0.769. The minimum Gasteiger partial charge on any atom is -0.338 e. The molecule has 0 radical (unpaired) electrons. The molecular formula is C13H25N3. The van der Waals surface area contributed by atoms with Gasteiger partial charge in [0.05, 0.1) is 0 Å². The highest BCUT2D eigenvalue weighted by molar-refractivity contribution is 4.92. The Morgan fingerprint density at radius 1 is 1.38 bits per heavy atom. The zero-order valence-corrected chi connectivity index (χ0v) is 11.1. The molecule has 0 saturated carbocycles. The summed E-state index contributed by atoms with van der Waals surface area (Å²) in [5.41, 5.74) is 0.397. The van der Waals surface area contributed by atoms with Crippen LogP contribution >= 0.6 is 0 Å². The van der Waals surface area contributed by atoms with E-state index in [1.807, 2.05) is 12.4 Å². The molecule has 0 aliphatic carbocycles. The van der Waals surface area contributed by atoms with E-state index in [-0.39, 0.29) is 0 Å². The second kappa shape index (κ2) is 6.04. The van der Waals surface area contributed by atoms with Crippen LogP contribution in [0.4, 0.5) is 0 Å². The third-order valence-electron chi connectivity index (χ3n) is 3.17. The lowest BCUT2D eigenvalue weighted by molar-refractivity contribution is 0.300. The molecule has 0 bridgehead atoms. The molecule has 1 aromatic rings. The van der Waals surface area contributed by atoms with Crippen molar-refractivity contribution in [3.05, 3.63) is 18.2 Å². The quantitative estimate of drug-likeness (QED) is 0.719. The summed E-state index contributed by atoms with van der Waals surface area (Å²) < 4.78 is 2.11. The summed E-state index contributed by atoms with van der Waals surface area (Å²) in [5.74, 6) is 1.19. The first-order valence-corrected chi connectivity index (χ1v) is 6.22. The molecule has 1 heterocycles. The molecule has 1 aromatic heterocycles. The lowest BCUT2D eigenvalue weighted by atomic mass is 9.84. The molecule has 3 heteroatoms. The Balaban J connectivity index is 2.33. The van der Waals surface area contributed by atoms with Crippen molar-refractivity contribution in [2.45, 2.75) is 40.0 Å². The smallest absolute Gasteiger partial charge is 0.108 e. The SMILES string of the molecule is CCNCCC(C)(C)CCc1nccn1C. The molecule has 1 rings (SSSR count). The summed E-state index contributed by atoms with van der Waals surface area (Å²) in [4.78, 5) is 4.36. The van der Waals surface area contributed by atoms with Crippen molar-refractivity contribution in [3.8, 4) is 0 Å². The van der Waals surface area contributed by atoms with Crippen LogP contribution in [-0.4, -0.2) is 22.6 Å². The summed E-state index contributed by atoms with van der Waals surface area (Å²) in [7, 11) is 2.06. The molecule has 0 saturated heterocycles. The van der Waals surface area contributed by atoms with Crippen LogP contribution in [0, 0.1) is 5.41 Å². The van der Waals surface area contributed by atoms with Gasteiger partial charge in [-0.15, -0.1) is 0 Å². The number of imidazole rings is 1. The van der Waals surface area contributed by atoms with Gasteiger partial charge in [-0.3, -0.25) is 0 Å². The Bertz CT molecular complexity index is 302. The normalized spacial score (nSPS) is 12.0. The van der Waals surface area contributed by atoms with E-state index in [1.165, 1.54) is 18.7 Å². The van der Waals surface area contributed by atoms with Gasteiger partial charge in [0.25, 0.3) is 0 Å². The lowest BCUT2D eigenvalue weighted by Crippen LogP contribution is -2.23. The van der Waals surface area contributed by atoms with Crippen LogP contribution in [0.2, 0.25) is 0 Å². The molecule has 0 amide bonds. The number of rotatable bonds is 7. The molecule has 92 valence electrons. The van der Waals surface area contributed by atoms with E-state index in [2.05, 4.69) is 42.7 Å². The summed E-state index contributed by atoms with van der Waals surface area (Å²) in [6, 6.07) is 0. The first-order chi connectivity index (χ1) is 7.55. The van der Waals surface area contributed by atoms with Gasteiger partial charge >= 0.3 is 0 Å². The van der Waals surface area contributed by atoms with Gasteiger partial charge < -0.3 is 9.88 Å². The molecule has 0 atom stereocenters. The molecule has 0 aromatic carbocycles. The Morgan fingerprint density at radius 2 is 2.12 bits per heavy atom. The van der Waals surface area contributed by atoms with Crippen LogP contribution in [0.5, 0.6) is 0 Å². The van der Waals surface area contributed by atoms with E-state index in [0.717, 1.165) is 19.5 Å². The van der Waals surface area contributed by atoms with Crippen LogP contribution in [0.15, 0.2) is 12.4 Å². The number of nitrogens with zero attached hydrogens (tertiary/aromatic N) is 2. The van der Waals surface area contributed by atoms with Crippen LogP contribution < -0.4 is 5.32 Å². The van der Waals surface area contributed by atoms with Gasteiger partial charge in [0.1, 0.15) is 5.82 Å². The van der Waals surface area contributed by atoms with Crippen molar-refractivity contribution in [2.75, 3.05) is 13.1 Å². The summed E-state index contributed by atoms with van der Waals surface area (Å²) >= 11 is 0. The highest BCUT2D eigenvalue weighted by Gasteiger charge is 2.17. The van der Waals surface area contributed by atoms with Crippen LogP contribution in [0.3, 0.4) is 0 Å². The molecule has 1 N–H and O–H groups in total. The maximum absolute atomic E-state index is 4.36. The molecule has 3 nitrogen and oxygen atoms in total. The van der Waals surface area contributed by atoms with Gasteiger partial charge in [-0.25, -0.2) is 4.98 Å². The molecule has 0 fully saturated rings. The third-order valence-corrected chi connectivity index (χ3v) is 3.17. The Kier molecular flexibility index (Phi) is 5.00. The minimum atomic E-state index is 0.397. The highest BCUT2D eigenvalue weighted by atomic mass is 15.0. The lowest BCUT2D eigenvalue weighted by Gasteiger charge is -2.24. The standard InChI is InChI=1S/C13H25N3/c1-5-14-9-8-13(2,3)7-6-12-15-10-11-16(12)4/h10-11,14H,5-9H2,1-4H3. The summed E-state index contributed by atoms with van der Waals surface area (Å²) in [6.45, 7) is 9.01. The van der Waals surface area contributed by atoms with Crippen molar-refractivity contribution in [1.29, 1.82) is 0 Å². The second-order valence-corrected chi connectivity index (χ2v) is 5.22. The van der Waals surface area contributed by atoms with E-state index < -0.39 is 0 Å². The highest BCUT2D eigenvalue weighted by Crippen LogP contribution is 2.26. The Morgan fingerprint density at radius 3 is 2.69 bits per heavy atom. The number of nitrogens with one attached hydrogen (secondary N) is 1. The summed E-state index contributed by atoms with van der Waals surface area (Å²) in [5, 5.41) is 3.39. The van der Waals surface area contributed by atoms with Gasteiger partial charge in [-0.05, 0) is 31.3 Å². The van der Waals surface area contributed by atoms with Crippen molar-refractivity contribution in [1.82, 2.24) is 14.9 Å². The number of hydrogen-bond donors (Lipinski definition) is 1. The maximum atomic E-state index is 4.36. The van der Waals surface area contributed by atoms with Crippen molar-refractivity contribution >= 4 is 0 Å².